The third-order valence-corrected chi connectivity index (χ3v) is 5.76. The van der Waals surface area contributed by atoms with Gasteiger partial charge in [0.15, 0.2) is 0 Å². The molecular formula is C8H19N3O4S2. The lowest BCUT2D eigenvalue weighted by Gasteiger charge is -2.34. The predicted octanol–water partition coefficient (Wildman–Crippen LogP) is -2.41. The molecule has 102 valence electrons. The average molecular weight is 285 g/mol. The van der Waals surface area contributed by atoms with Gasteiger partial charge in [-0.1, -0.05) is 0 Å². The van der Waals surface area contributed by atoms with Crippen molar-refractivity contribution in [3.8, 4) is 0 Å². The van der Waals surface area contributed by atoms with E-state index in [4.69, 9.17) is 5.73 Å². The van der Waals surface area contributed by atoms with Gasteiger partial charge in [0.25, 0.3) is 0 Å². The summed E-state index contributed by atoms with van der Waals surface area (Å²) in [7, 11) is -6.82. The first-order chi connectivity index (χ1) is 7.76. The number of nitrogens with one attached hydrogen (secondary N) is 1. The molecular weight excluding hydrogens is 266 g/mol. The second kappa shape index (κ2) is 5.61. The van der Waals surface area contributed by atoms with Gasteiger partial charge in [-0.15, -0.1) is 0 Å². The van der Waals surface area contributed by atoms with E-state index in [1.807, 2.05) is 0 Å². The molecule has 1 saturated heterocycles. The Morgan fingerprint density at radius 3 is 2.47 bits per heavy atom. The lowest BCUT2D eigenvalue weighted by molar-refractivity contribution is 0.273. The van der Waals surface area contributed by atoms with Crippen LogP contribution in [0, 0.1) is 0 Å². The molecule has 9 heteroatoms. The fourth-order valence-corrected chi connectivity index (χ4v) is 4.96. The topological polar surface area (TPSA) is 110 Å². The molecule has 1 aliphatic rings. The molecule has 3 N–H and O–H groups in total. The Morgan fingerprint density at radius 2 is 1.94 bits per heavy atom. The summed E-state index contributed by atoms with van der Waals surface area (Å²) < 4.78 is 47.3. The highest BCUT2D eigenvalue weighted by atomic mass is 32.2. The molecule has 1 aliphatic heterocycles. The van der Waals surface area contributed by atoms with Crippen LogP contribution in [-0.2, 0) is 19.9 Å². The summed E-state index contributed by atoms with van der Waals surface area (Å²) >= 11 is 0. The van der Waals surface area contributed by atoms with Crippen LogP contribution in [0.5, 0.6) is 0 Å². The van der Waals surface area contributed by atoms with Crippen molar-refractivity contribution < 1.29 is 16.8 Å². The van der Waals surface area contributed by atoms with E-state index in [1.54, 1.807) is 0 Å². The van der Waals surface area contributed by atoms with Crippen molar-refractivity contribution in [2.24, 2.45) is 5.73 Å². The van der Waals surface area contributed by atoms with Gasteiger partial charge in [0.05, 0.1) is 11.5 Å². The average Bonchev–Trinajstić information content (AvgIpc) is 2.26. The number of hydrogen-bond donors (Lipinski definition) is 2. The van der Waals surface area contributed by atoms with Crippen molar-refractivity contribution in [1.29, 1.82) is 0 Å². The van der Waals surface area contributed by atoms with E-state index in [0.717, 1.165) is 6.26 Å². The zero-order chi connectivity index (χ0) is 13.1. The lowest BCUT2D eigenvalue weighted by Crippen LogP contribution is -2.57. The van der Waals surface area contributed by atoms with Crippen molar-refractivity contribution in [1.82, 2.24) is 9.62 Å². The minimum absolute atomic E-state index is 0.227. The number of rotatable bonds is 5. The molecule has 1 heterocycles. The number of nitrogens with zero attached hydrogens (tertiary/aromatic N) is 1. The molecule has 1 atom stereocenters. The van der Waals surface area contributed by atoms with Gasteiger partial charge in [0.2, 0.25) is 10.0 Å². The first-order valence-corrected chi connectivity index (χ1v) is 9.01. The van der Waals surface area contributed by atoms with Crippen molar-refractivity contribution in [3.63, 3.8) is 0 Å². The van der Waals surface area contributed by atoms with Gasteiger partial charge in [0, 0.05) is 38.5 Å². The van der Waals surface area contributed by atoms with Crippen LogP contribution >= 0.6 is 0 Å². The normalized spacial score (nSPS) is 23.8. The lowest BCUT2D eigenvalue weighted by atomic mass is 10.2. The standard InChI is InChI=1S/C8H19N3O4S2/c1-16(12,13)4-5-17(14,15)11-3-2-10-7-8(11)6-9/h8,10H,2-7,9H2,1H3. The van der Waals surface area contributed by atoms with Crippen molar-refractivity contribution in [2.75, 3.05) is 43.9 Å². The molecule has 0 saturated carbocycles. The van der Waals surface area contributed by atoms with Crippen molar-refractivity contribution >= 4 is 19.9 Å². The van der Waals surface area contributed by atoms with Gasteiger partial charge >= 0.3 is 0 Å². The Bertz CT molecular complexity index is 445. The van der Waals surface area contributed by atoms with Crippen LogP contribution in [0.2, 0.25) is 0 Å². The number of sulfone groups is 1. The molecule has 0 bridgehead atoms. The first-order valence-electron chi connectivity index (χ1n) is 5.34. The highest BCUT2D eigenvalue weighted by Gasteiger charge is 2.31. The third-order valence-electron chi connectivity index (χ3n) is 2.64. The van der Waals surface area contributed by atoms with Gasteiger partial charge < -0.3 is 11.1 Å². The number of sulfonamides is 1. The smallest absolute Gasteiger partial charge is 0.215 e. The van der Waals surface area contributed by atoms with Crippen LogP contribution in [0.25, 0.3) is 0 Å². The zero-order valence-corrected chi connectivity index (χ0v) is 11.4. The summed E-state index contributed by atoms with van der Waals surface area (Å²) in [6.07, 6.45) is 1.03. The van der Waals surface area contributed by atoms with E-state index in [9.17, 15) is 16.8 Å². The Kier molecular flexibility index (Phi) is 4.90. The second-order valence-electron chi connectivity index (χ2n) is 4.15. The molecule has 7 nitrogen and oxygen atoms in total. The van der Waals surface area contributed by atoms with Gasteiger partial charge in [0.1, 0.15) is 9.84 Å². The maximum Gasteiger partial charge on any atom is 0.215 e. The molecule has 0 amide bonds. The van der Waals surface area contributed by atoms with Crippen LogP contribution in [-0.4, -0.2) is 71.1 Å². The predicted molar refractivity (Wildman–Crippen MR) is 65.9 cm³/mol. The molecule has 0 aromatic rings. The van der Waals surface area contributed by atoms with Crippen LogP contribution in [0.1, 0.15) is 0 Å². The van der Waals surface area contributed by atoms with Gasteiger partial charge in [-0.3, -0.25) is 0 Å². The van der Waals surface area contributed by atoms with E-state index < -0.39 is 19.9 Å². The number of hydrogen-bond acceptors (Lipinski definition) is 6. The van der Waals surface area contributed by atoms with Gasteiger partial charge in [-0.05, 0) is 0 Å². The van der Waals surface area contributed by atoms with Gasteiger partial charge in [-0.25, -0.2) is 16.8 Å². The summed E-state index contributed by atoms with van der Waals surface area (Å²) in [6, 6.07) is -0.284. The van der Waals surface area contributed by atoms with E-state index in [0.29, 0.717) is 19.6 Å². The van der Waals surface area contributed by atoms with Crippen LogP contribution in [0.15, 0.2) is 0 Å². The number of nitrogens with two attached hydrogens (primary N) is 1. The summed E-state index contributed by atoms with van der Waals surface area (Å²) in [5.41, 5.74) is 5.51. The highest BCUT2D eigenvalue weighted by molar-refractivity contribution is 7.93. The zero-order valence-electron chi connectivity index (χ0n) is 9.79. The number of piperazine rings is 1. The Hall–Kier alpha value is -0.220. The van der Waals surface area contributed by atoms with E-state index in [2.05, 4.69) is 5.32 Å². The molecule has 1 fully saturated rings. The Morgan fingerprint density at radius 1 is 1.29 bits per heavy atom. The highest BCUT2D eigenvalue weighted by Crippen LogP contribution is 2.10. The molecule has 0 spiro atoms. The molecule has 1 rings (SSSR count). The van der Waals surface area contributed by atoms with Crippen molar-refractivity contribution in [2.45, 2.75) is 6.04 Å². The molecule has 0 aromatic carbocycles. The Balaban J connectivity index is 2.74. The largest absolute Gasteiger partial charge is 0.329 e. The summed E-state index contributed by atoms with van der Waals surface area (Å²) in [6.45, 7) is 1.64. The van der Waals surface area contributed by atoms with E-state index in [-0.39, 0.29) is 24.1 Å². The minimum Gasteiger partial charge on any atom is -0.329 e. The maximum absolute atomic E-state index is 12.0. The first kappa shape index (κ1) is 14.8. The summed E-state index contributed by atoms with van der Waals surface area (Å²) in [5, 5.41) is 3.06. The quantitative estimate of drug-likeness (QED) is 0.582. The SMILES string of the molecule is CS(=O)(=O)CCS(=O)(=O)N1CCNCC1CN. The summed E-state index contributed by atoms with van der Waals surface area (Å²) in [4.78, 5) is 0. The molecule has 17 heavy (non-hydrogen) atoms. The van der Waals surface area contributed by atoms with Crippen molar-refractivity contribution in [3.05, 3.63) is 0 Å². The molecule has 0 aliphatic carbocycles. The third kappa shape index (κ3) is 4.51. The summed E-state index contributed by atoms with van der Waals surface area (Å²) in [5.74, 6) is -0.723. The fourth-order valence-electron chi connectivity index (χ4n) is 1.68. The minimum atomic E-state index is -3.54. The molecule has 0 radical (unpaired) electrons. The monoisotopic (exact) mass is 285 g/mol. The van der Waals surface area contributed by atoms with Crippen LogP contribution in [0.4, 0.5) is 0 Å². The van der Waals surface area contributed by atoms with E-state index in [1.165, 1.54) is 4.31 Å². The second-order valence-corrected chi connectivity index (χ2v) is 8.45. The Labute approximate surface area is 102 Å². The van der Waals surface area contributed by atoms with Crippen LogP contribution in [0.3, 0.4) is 0 Å². The van der Waals surface area contributed by atoms with Gasteiger partial charge in [-0.2, -0.15) is 4.31 Å². The maximum atomic E-state index is 12.0. The van der Waals surface area contributed by atoms with E-state index >= 15 is 0 Å². The van der Waals surface area contributed by atoms with Crippen LogP contribution < -0.4 is 11.1 Å². The fraction of sp³-hybridized carbons (Fsp3) is 1.00. The molecule has 0 aromatic heterocycles. The molecule has 1 unspecified atom stereocenters.